The Hall–Kier alpha value is -1.60. The largest absolute Gasteiger partial charge is 0.444 e. The van der Waals surface area contributed by atoms with Gasteiger partial charge in [0.05, 0.1) is 6.04 Å². The molecule has 1 radical (unpaired) electrons. The van der Waals surface area contributed by atoms with Gasteiger partial charge < -0.3 is 15.4 Å². The van der Waals surface area contributed by atoms with Gasteiger partial charge in [0.25, 0.3) is 0 Å². The zero-order chi connectivity index (χ0) is 23.0. The lowest BCUT2D eigenvalue weighted by Crippen LogP contribution is -2.69. The Morgan fingerprint density at radius 3 is 2.32 bits per heavy atom. The number of hydrogen-bond acceptors (Lipinski definition) is 4. The number of amides is 2. The lowest BCUT2D eigenvalue weighted by atomic mass is 9.57. The number of nitrogens with one attached hydrogen (secondary N) is 2. The van der Waals surface area contributed by atoms with Crippen molar-refractivity contribution in [1.82, 2.24) is 15.7 Å². The van der Waals surface area contributed by atoms with Crippen molar-refractivity contribution in [1.29, 1.82) is 0 Å². The first-order valence-corrected chi connectivity index (χ1v) is 11.8. The second kappa shape index (κ2) is 9.10. The molecule has 0 aromatic rings. The smallest absolute Gasteiger partial charge is 0.408 e. The molecule has 7 heteroatoms. The Kier molecular flexibility index (Phi) is 7.06. The zero-order valence-electron chi connectivity index (χ0n) is 19.9. The van der Waals surface area contributed by atoms with Crippen LogP contribution < -0.4 is 10.6 Å². The molecule has 0 aromatic heterocycles. The van der Waals surface area contributed by atoms with Crippen LogP contribution in [0.25, 0.3) is 0 Å². The van der Waals surface area contributed by atoms with Crippen LogP contribution in [-0.4, -0.2) is 46.3 Å². The molecule has 175 valence electrons. The van der Waals surface area contributed by atoms with E-state index in [-0.39, 0.29) is 36.0 Å². The molecule has 4 aliphatic rings. The second-order valence-corrected chi connectivity index (χ2v) is 11.5. The predicted molar refractivity (Wildman–Crippen MR) is 118 cm³/mol. The minimum Gasteiger partial charge on any atom is -0.444 e. The first-order chi connectivity index (χ1) is 14.4. The van der Waals surface area contributed by atoms with Gasteiger partial charge >= 0.3 is 6.09 Å². The number of hydroxylamine groups is 2. The third-order valence-electron chi connectivity index (χ3n) is 6.86. The van der Waals surface area contributed by atoms with Crippen LogP contribution in [0.2, 0.25) is 0 Å². The fourth-order valence-electron chi connectivity index (χ4n) is 5.89. The van der Waals surface area contributed by atoms with Crippen LogP contribution in [0.1, 0.15) is 80.1 Å². The van der Waals surface area contributed by atoms with E-state index >= 15 is 0 Å². The molecule has 2 saturated carbocycles. The summed E-state index contributed by atoms with van der Waals surface area (Å²) in [4.78, 5) is 24.8. The van der Waals surface area contributed by atoms with E-state index in [1.165, 1.54) is 5.06 Å². The lowest BCUT2D eigenvalue weighted by Gasteiger charge is -2.61. The van der Waals surface area contributed by atoms with Gasteiger partial charge in [-0.05, 0) is 77.6 Å². The van der Waals surface area contributed by atoms with Gasteiger partial charge in [0.2, 0.25) is 5.91 Å². The quantitative estimate of drug-likeness (QED) is 0.593. The van der Waals surface area contributed by atoms with Crippen molar-refractivity contribution < 1.29 is 19.5 Å². The number of piperidine rings is 2. The van der Waals surface area contributed by atoms with Gasteiger partial charge in [-0.15, -0.1) is 10.3 Å². The van der Waals surface area contributed by atoms with Gasteiger partial charge in [-0.3, -0.25) is 4.79 Å². The van der Waals surface area contributed by atoms with Crippen LogP contribution in [0.5, 0.6) is 0 Å². The van der Waals surface area contributed by atoms with Crippen molar-refractivity contribution in [3.05, 3.63) is 12.2 Å². The van der Waals surface area contributed by atoms with E-state index < -0.39 is 11.7 Å². The molecule has 31 heavy (non-hydrogen) atoms. The number of carbonyl (C=O) groups excluding carboxylic acids is 2. The standard InChI is InChI=1S/C24H40N3O4/c1-15(2)10-18(25-22(29)31-23(3,4)5)8-7-9-20(28)26-21-16-11-19-12-17(21)14-24(6,13-16)27(19)30/h7-8,15-19,21H,9-14H2,1-6H3,(H,25,29)(H,26,28)/b8-7+/t16-,17-,18+,19?,21?,24?/m0/s1. The molecule has 2 heterocycles. The molecule has 4 bridgehead atoms. The monoisotopic (exact) mass is 434 g/mol. The van der Waals surface area contributed by atoms with Crippen molar-refractivity contribution in [3.63, 3.8) is 0 Å². The minimum absolute atomic E-state index is 0.0124. The van der Waals surface area contributed by atoms with Crippen LogP contribution in [0.15, 0.2) is 12.2 Å². The van der Waals surface area contributed by atoms with Crippen molar-refractivity contribution in [3.8, 4) is 0 Å². The molecule has 2 saturated heterocycles. The van der Waals surface area contributed by atoms with Gasteiger partial charge in [-0.25, -0.2) is 4.79 Å². The zero-order valence-corrected chi connectivity index (χ0v) is 19.9. The maximum absolute atomic E-state index is 12.6. The summed E-state index contributed by atoms with van der Waals surface area (Å²) in [7, 11) is 0. The predicted octanol–water partition coefficient (Wildman–Crippen LogP) is 3.97. The first-order valence-electron chi connectivity index (χ1n) is 11.8. The molecular weight excluding hydrogens is 394 g/mol. The summed E-state index contributed by atoms with van der Waals surface area (Å²) < 4.78 is 5.36. The second-order valence-electron chi connectivity index (χ2n) is 11.5. The summed E-state index contributed by atoms with van der Waals surface area (Å²) in [5.41, 5.74) is -0.788. The van der Waals surface area contributed by atoms with E-state index in [1.807, 2.05) is 32.9 Å². The third kappa shape index (κ3) is 6.01. The molecule has 0 aromatic carbocycles. The van der Waals surface area contributed by atoms with Crippen LogP contribution >= 0.6 is 0 Å². The topological polar surface area (TPSA) is 90.6 Å². The van der Waals surface area contributed by atoms with Crippen molar-refractivity contribution in [2.24, 2.45) is 17.8 Å². The number of rotatable bonds is 7. The van der Waals surface area contributed by atoms with E-state index in [0.29, 0.717) is 17.8 Å². The van der Waals surface area contributed by atoms with Crippen molar-refractivity contribution in [2.75, 3.05) is 0 Å². The molecule has 3 atom stereocenters. The van der Waals surface area contributed by atoms with E-state index in [2.05, 4.69) is 31.4 Å². The molecule has 2 N–H and O–H groups in total. The maximum Gasteiger partial charge on any atom is 0.408 e. The summed E-state index contributed by atoms with van der Waals surface area (Å²) in [5, 5.41) is 19.9. The van der Waals surface area contributed by atoms with Crippen molar-refractivity contribution in [2.45, 2.75) is 109 Å². The normalized spacial score (nSPS) is 33.7. The molecule has 0 spiro atoms. The highest BCUT2D eigenvalue weighted by molar-refractivity contribution is 5.78. The lowest BCUT2D eigenvalue weighted by molar-refractivity contribution is -0.311. The Bertz CT molecular complexity index is 683. The third-order valence-corrected chi connectivity index (χ3v) is 6.86. The molecule has 2 aliphatic carbocycles. The average Bonchev–Trinajstić information content (AvgIpc) is 2.58. The number of ether oxygens (including phenoxy) is 1. The highest BCUT2D eigenvalue weighted by Gasteiger charge is 2.58. The summed E-state index contributed by atoms with van der Waals surface area (Å²) >= 11 is 0. The molecule has 2 amide bonds. The van der Waals surface area contributed by atoms with Gasteiger partial charge in [-0.1, -0.05) is 26.0 Å². The summed E-state index contributed by atoms with van der Waals surface area (Å²) in [6.45, 7) is 11.8. The summed E-state index contributed by atoms with van der Waals surface area (Å²) in [6.07, 6.45) is 7.90. The molecular formula is C24H40N3O4. The summed E-state index contributed by atoms with van der Waals surface area (Å²) in [6, 6.07) is 0.142. The first kappa shape index (κ1) is 24.1. The molecule has 2 aliphatic heterocycles. The van der Waals surface area contributed by atoms with Crippen LogP contribution in [-0.2, 0) is 14.7 Å². The van der Waals surface area contributed by atoms with Gasteiger partial charge in [0.1, 0.15) is 5.60 Å². The van der Waals surface area contributed by atoms with Crippen molar-refractivity contribution >= 4 is 12.0 Å². The number of hydrogen-bond donors (Lipinski definition) is 2. The van der Waals surface area contributed by atoms with E-state index in [0.717, 1.165) is 32.1 Å². The van der Waals surface area contributed by atoms with E-state index in [1.54, 1.807) is 0 Å². The number of alkyl carbamates (subject to hydrolysis) is 1. The fourth-order valence-corrected chi connectivity index (χ4v) is 5.89. The van der Waals surface area contributed by atoms with Crippen LogP contribution in [0.3, 0.4) is 0 Å². The highest BCUT2D eigenvalue weighted by atomic mass is 16.6. The molecule has 4 rings (SSSR count). The number of carbonyl (C=O) groups is 2. The minimum atomic E-state index is -0.547. The molecule has 7 nitrogen and oxygen atoms in total. The Morgan fingerprint density at radius 1 is 1.19 bits per heavy atom. The SMILES string of the molecule is CC(C)C[C@@H](/C=C/CC(=O)NC1[C@H]2CC3C[C@H]1CC(C)(C2)N3[O])NC(=O)OC(C)(C)C. The van der Waals surface area contributed by atoms with Gasteiger partial charge in [0.15, 0.2) is 0 Å². The maximum atomic E-state index is 12.6. The highest BCUT2D eigenvalue weighted by Crippen LogP contribution is 2.53. The van der Waals surface area contributed by atoms with Gasteiger partial charge in [0, 0.05) is 24.0 Å². The average molecular weight is 435 g/mol. The summed E-state index contributed by atoms with van der Waals surface area (Å²) in [5.74, 6) is 1.22. The fraction of sp³-hybridized carbons (Fsp3) is 0.833. The van der Waals surface area contributed by atoms with E-state index in [4.69, 9.17) is 4.74 Å². The Morgan fingerprint density at radius 2 is 1.81 bits per heavy atom. The molecule has 0 unspecified atom stereocenters. The van der Waals surface area contributed by atoms with E-state index in [9.17, 15) is 14.8 Å². The Balaban J connectivity index is 1.51. The molecule has 4 fully saturated rings. The van der Waals surface area contributed by atoms with Crippen LogP contribution in [0, 0.1) is 17.8 Å². The number of nitrogens with zero attached hydrogens (tertiary/aromatic N) is 1. The van der Waals surface area contributed by atoms with Gasteiger partial charge in [-0.2, -0.15) is 0 Å². The Labute approximate surface area is 186 Å². The van der Waals surface area contributed by atoms with Crippen LogP contribution in [0.4, 0.5) is 4.79 Å².